The van der Waals surface area contributed by atoms with Gasteiger partial charge < -0.3 is 8.83 Å². The Morgan fingerprint density at radius 3 is 1.74 bits per heavy atom. The zero-order chi connectivity index (χ0) is 19.0. The second-order valence-electron chi connectivity index (χ2n) is 7.24. The van der Waals surface area contributed by atoms with Crippen molar-refractivity contribution in [1.29, 1.82) is 0 Å². The van der Waals surface area contributed by atoms with Gasteiger partial charge >= 0.3 is 0 Å². The number of rotatable bonds is 3. The molecule has 1 saturated carbocycles. The topological polar surface area (TPSA) is 66.9 Å². The van der Waals surface area contributed by atoms with Crippen LogP contribution in [0, 0.1) is 0 Å². The van der Waals surface area contributed by atoms with Gasteiger partial charge in [-0.2, -0.15) is 0 Å². The van der Waals surface area contributed by atoms with Gasteiger partial charge in [-0.25, -0.2) is 10.0 Å². The van der Waals surface area contributed by atoms with Gasteiger partial charge in [-0.1, -0.05) is 19.3 Å². The second kappa shape index (κ2) is 7.51. The Morgan fingerprint density at radius 2 is 1.37 bits per heavy atom. The number of nitrogens with zero attached hydrogens (tertiary/aromatic N) is 2. The molecule has 0 unspecified atom stereocenters. The summed E-state index contributed by atoms with van der Waals surface area (Å²) in [6.45, 7) is 3.04. The van der Waals surface area contributed by atoms with E-state index in [9.17, 15) is 9.59 Å². The van der Waals surface area contributed by atoms with E-state index in [1.54, 1.807) is 22.5 Å². The number of amides is 2. The number of hydrogen-bond donors (Lipinski definition) is 0. The Balaban J connectivity index is 1.87. The van der Waals surface area contributed by atoms with Crippen molar-refractivity contribution in [2.24, 2.45) is 0 Å². The predicted molar refractivity (Wildman–Crippen MR) is 102 cm³/mol. The Morgan fingerprint density at radius 1 is 0.889 bits per heavy atom. The van der Waals surface area contributed by atoms with Gasteiger partial charge in [-0.3, -0.25) is 9.59 Å². The molecule has 2 atom stereocenters. The van der Waals surface area contributed by atoms with Crippen molar-refractivity contribution < 1.29 is 18.4 Å². The molecular weight excluding hydrogens is 363 g/mol. The fourth-order valence-electron chi connectivity index (χ4n) is 4.46. The number of carbonyl (C=O) groups is 2. The first-order valence-electron chi connectivity index (χ1n) is 9.53. The minimum absolute atomic E-state index is 0.149. The third-order valence-electron chi connectivity index (χ3n) is 5.50. The Labute approximate surface area is 160 Å². The van der Waals surface area contributed by atoms with Gasteiger partial charge in [0.05, 0.1) is 12.5 Å². The molecular formula is C20H25N2O4P. The molecule has 27 heavy (non-hydrogen) atoms. The maximum absolute atomic E-state index is 12.7. The van der Waals surface area contributed by atoms with Crippen molar-refractivity contribution in [2.75, 3.05) is 0 Å². The maximum atomic E-state index is 12.7. The van der Waals surface area contributed by atoms with Crippen molar-refractivity contribution in [3.8, 4) is 0 Å². The van der Waals surface area contributed by atoms with Crippen LogP contribution in [0.3, 0.4) is 0 Å². The van der Waals surface area contributed by atoms with Crippen LogP contribution in [-0.4, -0.2) is 27.5 Å². The average Bonchev–Trinajstić information content (AvgIpc) is 3.39. The summed E-state index contributed by atoms with van der Waals surface area (Å²) in [5.41, 5.74) is 0.463. The lowest BCUT2D eigenvalue weighted by Crippen LogP contribution is -2.44. The number of hydrogen-bond acceptors (Lipinski definition) is 4. The molecule has 1 saturated heterocycles. The lowest BCUT2D eigenvalue weighted by atomic mass is 10.0. The van der Waals surface area contributed by atoms with E-state index in [1.165, 1.54) is 33.1 Å². The van der Waals surface area contributed by atoms with Crippen LogP contribution in [-0.2, 0) is 9.59 Å². The third-order valence-corrected chi connectivity index (χ3v) is 8.93. The van der Waals surface area contributed by atoms with E-state index >= 15 is 0 Å². The summed E-state index contributed by atoms with van der Waals surface area (Å²) < 4.78 is 11.5. The van der Waals surface area contributed by atoms with E-state index in [0.717, 1.165) is 24.4 Å². The highest BCUT2D eigenvalue weighted by atomic mass is 31.1. The minimum Gasteiger partial charge on any atom is -0.467 e. The van der Waals surface area contributed by atoms with Crippen molar-refractivity contribution in [1.82, 2.24) is 10.0 Å². The molecule has 0 bridgehead atoms. The molecule has 2 amide bonds. The summed E-state index contributed by atoms with van der Waals surface area (Å²) in [5, 5.41) is 3.24. The summed E-state index contributed by atoms with van der Waals surface area (Å²) in [5.74, 6) is 0.724. The van der Waals surface area contributed by atoms with Crippen molar-refractivity contribution >= 4 is 19.7 Å². The van der Waals surface area contributed by atoms with Gasteiger partial charge in [-0.15, -0.1) is 0 Å². The van der Waals surface area contributed by atoms with Crippen LogP contribution in [0.25, 0.3) is 0 Å². The Kier molecular flexibility index (Phi) is 5.09. The summed E-state index contributed by atoms with van der Waals surface area (Å²) in [7, 11) is -0.812. The molecule has 0 N–H and O–H groups in total. The van der Waals surface area contributed by atoms with E-state index in [2.05, 4.69) is 0 Å². The first-order chi connectivity index (χ1) is 13.1. The monoisotopic (exact) mass is 388 g/mol. The Hall–Kier alpha value is -2.07. The Bertz CT molecular complexity index is 725. The van der Waals surface area contributed by atoms with E-state index in [0.29, 0.717) is 5.66 Å². The van der Waals surface area contributed by atoms with Crippen LogP contribution in [0.2, 0.25) is 0 Å². The maximum Gasteiger partial charge on any atom is 0.239 e. The largest absolute Gasteiger partial charge is 0.467 e. The van der Waals surface area contributed by atoms with Crippen LogP contribution < -0.4 is 0 Å². The van der Waals surface area contributed by atoms with Gasteiger partial charge in [0.15, 0.2) is 0 Å². The highest BCUT2D eigenvalue weighted by Gasteiger charge is 2.55. The zero-order valence-corrected chi connectivity index (χ0v) is 16.6. The molecule has 2 fully saturated rings. The van der Waals surface area contributed by atoms with Crippen LogP contribution in [0.4, 0.5) is 0 Å². The van der Waals surface area contributed by atoms with E-state index < -0.39 is 7.92 Å². The second-order valence-corrected chi connectivity index (χ2v) is 9.85. The molecule has 1 aliphatic carbocycles. The van der Waals surface area contributed by atoms with E-state index in [-0.39, 0.29) is 23.4 Å². The first kappa shape index (κ1) is 18.3. The normalized spacial score (nSPS) is 24.5. The molecule has 2 aromatic rings. The predicted octanol–water partition coefficient (Wildman–Crippen LogP) is 5.01. The summed E-state index contributed by atoms with van der Waals surface area (Å²) in [6.07, 6.45) is 9.16. The highest BCUT2D eigenvalue weighted by molar-refractivity contribution is 7.59. The molecule has 4 rings (SSSR count). The standard InChI is InChI=1S/C20H25N2O4P/c1-14(23)21-19(17-10-6-12-25-17)27(16-8-4-3-5-9-16)20(22(21)15(2)24)18-11-7-13-26-18/h6-7,10-13,16,19-20H,3-5,8-9H2,1-2H3/t19-,20-/m0/s1. The smallest absolute Gasteiger partial charge is 0.239 e. The quantitative estimate of drug-likeness (QED) is 0.693. The third kappa shape index (κ3) is 3.20. The van der Waals surface area contributed by atoms with Crippen LogP contribution >= 0.6 is 7.92 Å². The minimum atomic E-state index is -0.812. The van der Waals surface area contributed by atoms with Gasteiger partial charge in [0.2, 0.25) is 11.8 Å². The molecule has 2 aliphatic rings. The van der Waals surface area contributed by atoms with Crippen molar-refractivity contribution in [2.45, 2.75) is 63.2 Å². The van der Waals surface area contributed by atoms with E-state index in [1.807, 2.05) is 24.3 Å². The van der Waals surface area contributed by atoms with Crippen LogP contribution in [0.15, 0.2) is 45.6 Å². The molecule has 144 valence electrons. The average molecular weight is 388 g/mol. The molecule has 3 heterocycles. The van der Waals surface area contributed by atoms with Gasteiger partial charge in [0.1, 0.15) is 23.1 Å². The first-order valence-corrected chi connectivity index (χ1v) is 11.1. The number of hydrazine groups is 1. The number of carbonyl (C=O) groups excluding carboxylic acids is 2. The van der Waals surface area contributed by atoms with Gasteiger partial charge in [0.25, 0.3) is 0 Å². The van der Waals surface area contributed by atoms with Gasteiger partial charge in [-0.05, 0) is 50.7 Å². The highest BCUT2D eigenvalue weighted by Crippen LogP contribution is 2.73. The van der Waals surface area contributed by atoms with Crippen molar-refractivity contribution in [3.05, 3.63) is 48.3 Å². The molecule has 0 radical (unpaired) electrons. The summed E-state index contributed by atoms with van der Waals surface area (Å²) in [6, 6.07) is 7.53. The number of furan rings is 2. The summed E-state index contributed by atoms with van der Waals surface area (Å²) in [4.78, 5) is 25.4. The van der Waals surface area contributed by atoms with Crippen LogP contribution in [0.5, 0.6) is 0 Å². The molecule has 0 spiro atoms. The molecule has 6 nitrogen and oxygen atoms in total. The molecule has 7 heteroatoms. The molecule has 1 aliphatic heterocycles. The lowest BCUT2D eigenvalue weighted by Gasteiger charge is -2.33. The lowest BCUT2D eigenvalue weighted by molar-refractivity contribution is -0.163. The van der Waals surface area contributed by atoms with Crippen molar-refractivity contribution in [3.63, 3.8) is 0 Å². The van der Waals surface area contributed by atoms with E-state index in [4.69, 9.17) is 8.83 Å². The van der Waals surface area contributed by atoms with Crippen LogP contribution in [0.1, 0.15) is 69.0 Å². The fourth-order valence-corrected chi connectivity index (χ4v) is 8.42. The summed E-state index contributed by atoms with van der Waals surface area (Å²) >= 11 is 0. The SMILES string of the molecule is CC(=O)N1[C@H](c2ccco2)P(C2CCCCC2)[C@@H](c2ccco2)N1C(C)=O. The molecule has 0 aromatic carbocycles. The zero-order valence-electron chi connectivity index (χ0n) is 15.7. The molecule has 2 aromatic heterocycles. The fraction of sp³-hybridized carbons (Fsp3) is 0.500. The van der Waals surface area contributed by atoms with Gasteiger partial charge in [0, 0.05) is 13.8 Å².